The first-order valence-corrected chi connectivity index (χ1v) is 12.5. The van der Waals surface area contributed by atoms with Gasteiger partial charge >= 0.3 is 0 Å². The fraction of sp³-hybridized carbons (Fsp3) is 0.0741. The highest BCUT2D eigenvalue weighted by molar-refractivity contribution is 7.98. The Bertz CT molecular complexity index is 1510. The summed E-state index contributed by atoms with van der Waals surface area (Å²) in [5.74, 6) is 0.982. The lowest BCUT2D eigenvalue weighted by atomic mass is 10.1. The predicted molar refractivity (Wildman–Crippen MR) is 142 cm³/mol. The smallest absolute Gasteiger partial charge is 0.190 e. The number of aromatic nitrogens is 5. The molecule has 0 bridgehead atoms. The first-order chi connectivity index (χ1) is 17.7. The van der Waals surface area contributed by atoms with Gasteiger partial charge in [0.15, 0.2) is 11.0 Å². The number of anilines is 2. The predicted octanol–water partition coefficient (Wildman–Crippen LogP) is 6.34. The molecule has 0 spiro atoms. The van der Waals surface area contributed by atoms with Crippen molar-refractivity contribution in [2.24, 2.45) is 0 Å². The van der Waals surface area contributed by atoms with Gasteiger partial charge in [-0.05, 0) is 23.8 Å². The zero-order chi connectivity index (χ0) is 24.7. The Kier molecular flexibility index (Phi) is 7.22. The molecule has 5 aromatic rings. The van der Waals surface area contributed by atoms with Gasteiger partial charge in [0, 0.05) is 28.2 Å². The van der Waals surface area contributed by atoms with Crippen molar-refractivity contribution in [1.29, 1.82) is 5.26 Å². The third kappa shape index (κ3) is 5.54. The van der Waals surface area contributed by atoms with Crippen LogP contribution < -0.4 is 5.32 Å². The minimum Gasteiger partial charge on any atom is -0.339 e. The van der Waals surface area contributed by atoms with E-state index in [0.29, 0.717) is 39.6 Å². The molecule has 9 heteroatoms. The van der Waals surface area contributed by atoms with Crippen LogP contribution in [0.4, 0.5) is 11.5 Å². The fourth-order valence-corrected chi connectivity index (χ4v) is 4.50. The van der Waals surface area contributed by atoms with Crippen LogP contribution in [0.2, 0.25) is 5.02 Å². The molecule has 0 aliphatic heterocycles. The van der Waals surface area contributed by atoms with Crippen LogP contribution in [-0.2, 0) is 12.3 Å². The van der Waals surface area contributed by atoms with Crippen LogP contribution in [0.15, 0.2) is 96.3 Å². The Balaban J connectivity index is 1.41. The van der Waals surface area contributed by atoms with Crippen molar-refractivity contribution in [3.63, 3.8) is 0 Å². The maximum absolute atomic E-state index is 9.97. The van der Waals surface area contributed by atoms with E-state index in [9.17, 15) is 5.26 Å². The number of benzene rings is 3. The Hall–Kier alpha value is -4.19. The fourth-order valence-electron chi connectivity index (χ4n) is 3.59. The first kappa shape index (κ1) is 23.5. The number of nitriles is 1. The molecule has 0 unspecified atom stereocenters. The van der Waals surface area contributed by atoms with E-state index in [1.807, 2.05) is 91.1 Å². The lowest BCUT2D eigenvalue weighted by molar-refractivity contribution is 0.649. The summed E-state index contributed by atoms with van der Waals surface area (Å²) in [5.41, 5.74) is 4.42. The maximum atomic E-state index is 9.97. The average molecular weight is 510 g/mol. The van der Waals surface area contributed by atoms with Gasteiger partial charge in [0.1, 0.15) is 11.6 Å². The Morgan fingerprint density at radius 2 is 1.64 bits per heavy atom. The van der Waals surface area contributed by atoms with Crippen LogP contribution in [-0.4, -0.2) is 25.0 Å². The summed E-state index contributed by atoms with van der Waals surface area (Å²) in [6, 6.07) is 29.2. The average Bonchev–Trinajstić information content (AvgIpc) is 3.37. The summed E-state index contributed by atoms with van der Waals surface area (Å²) < 4.78 is 1.76. The summed E-state index contributed by atoms with van der Waals surface area (Å²) in [5, 5.41) is 23.0. The highest BCUT2D eigenvalue weighted by atomic mass is 35.5. The largest absolute Gasteiger partial charge is 0.339 e. The second-order valence-corrected chi connectivity index (χ2v) is 9.18. The van der Waals surface area contributed by atoms with Crippen LogP contribution in [0.3, 0.4) is 0 Å². The van der Waals surface area contributed by atoms with E-state index in [-0.39, 0.29) is 0 Å². The number of nitrogens with zero attached hydrogens (tertiary/aromatic N) is 6. The van der Waals surface area contributed by atoms with Crippen LogP contribution >= 0.6 is 23.4 Å². The topological polar surface area (TPSA) is 92.3 Å². The molecule has 2 heterocycles. The van der Waals surface area contributed by atoms with Crippen LogP contribution in [0.5, 0.6) is 0 Å². The van der Waals surface area contributed by atoms with E-state index in [0.717, 1.165) is 22.5 Å². The molecule has 0 aliphatic carbocycles. The van der Waals surface area contributed by atoms with Gasteiger partial charge in [-0.3, -0.25) is 0 Å². The first-order valence-electron chi connectivity index (χ1n) is 11.1. The highest BCUT2D eigenvalue weighted by Crippen LogP contribution is 2.31. The van der Waals surface area contributed by atoms with E-state index in [4.69, 9.17) is 16.6 Å². The van der Waals surface area contributed by atoms with E-state index in [1.54, 1.807) is 4.68 Å². The van der Waals surface area contributed by atoms with Gasteiger partial charge in [0.25, 0.3) is 0 Å². The molecule has 0 aliphatic rings. The minimum absolute atomic E-state index is 0.389. The summed E-state index contributed by atoms with van der Waals surface area (Å²) in [4.78, 5) is 9.41. The summed E-state index contributed by atoms with van der Waals surface area (Å²) in [7, 11) is 0. The van der Waals surface area contributed by atoms with Gasteiger partial charge < -0.3 is 5.32 Å². The molecule has 176 valence electrons. The molecule has 0 saturated heterocycles. The van der Waals surface area contributed by atoms with Crippen molar-refractivity contribution >= 4 is 34.9 Å². The van der Waals surface area contributed by atoms with Crippen molar-refractivity contribution in [3.05, 3.63) is 113 Å². The molecule has 1 N–H and O–H groups in total. The van der Waals surface area contributed by atoms with Crippen molar-refractivity contribution in [1.82, 2.24) is 25.0 Å². The molecular weight excluding hydrogens is 490 g/mol. The quantitative estimate of drug-likeness (QED) is 0.192. The van der Waals surface area contributed by atoms with Crippen molar-refractivity contribution in [3.8, 4) is 17.3 Å². The number of rotatable bonds is 8. The monoisotopic (exact) mass is 509 g/mol. The van der Waals surface area contributed by atoms with Gasteiger partial charge in [0.2, 0.25) is 0 Å². The van der Waals surface area contributed by atoms with Crippen molar-refractivity contribution in [2.45, 2.75) is 17.5 Å². The molecule has 0 radical (unpaired) electrons. The molecule has 2 aromatic heterocycles. The third-order valence-electron chi connectivity index (χ3n) is 5.31. The highest BCUT2D eigenvalue weighted by Gasteiger charge is 2.17. The maximum Gasteiger partial charge on any atom is 0.190 e. The second kappa shape index (κ2) is 11.0. The van der Waals surface area contributed by atoms with Gasteiger partial charge in [-0.2, -0.15) is 5.26 Å². The molecule has 0 fully saturated rings. The molecule has 5 rings (SSSR count). The summed E-state index contributed by atoms with van der Waals surface area (Å²) >= 11 is 7.71. The lowest BCUT2D eigenvalue weighted by Gasteiger charge is -2.12. The van der Waals surface area contributed by atoms with Crippen LogP contribution in [0, 0.1) is 11.3 Å². The molecule has 0 amide bonds. The molecule has 0 atom stereocenters. The van der Waals surface area contributed by atoms with Gasteiger partial charge in [-0.25, -0.2) is 14.6 Å². The number of hydrogen-bond acceptors (Lipinski definition) is 7. The minimum atomic E-state index is 0.389. The number of nitrogens with one attached hydrogen (secondary N) is 1. The second-order valence-electron chi connectivity index (χ2n) is 7.83. The molecular formula is C27H20ClN7S. The number of para-hydroxylation sites is 1. The molecule has 7 nitrogen and oxygen atoms in total. The number of halogens is 1. The van der Waals surface area contributed by atoms with Gasteiger partial charge in [0.05, 0.1) is 17.9 Å². The van der Waals surface area contributed by atoms with Gasteiger partial charge in [-0.1, -0.05) is 95.3 Å². The molecule has 0 saturated carbocycles. The Morgan fingerprint density at radius 3 is 2.39 bits per heavy atom. The van der Waals surface area contributed by atoms with E-state index in [1.165, 1.54) is 11.8 Å². The number of hydrogen-bond donors (Lipinski definition) is 1. The zero-order valence-electron chi connectivity index (χ0n) is 19.0. The van der Waals surface area contributed by atoms with Crippen molar-refractivity contribution < 1.29 is 0 Å². The molecule has 36 heavy (non-hydrogen) atoms. The zero-order valence-corrected chi connectivity index (χ0v) is 20.6. The third-order valence-corrected chi connectivity index (χ3v) is 6.56. The molecule has 3 aromatic carbocycles. The lowest BCUT2D eigenvalue weighted by Crippen LogP contribution is -2.03. The SMILES string of the molecule is N#Cc1c(Nc2ccccc2)nc(SCc2cn(Cc3ccccc3Cl)nn2)nc1-c1ccccc1. The Morgan fingerprint density at radius 1 is 0.917 bits per heavy atom. The standard InChI is InChI=1S/C27H20ClN7S/c28-24-14-8-7-11-20(24)16-35-17-22(33-34-35)18-36-27-31-25(19-9-3-1-4-10-19)23(15-29)26(32-27)30-21-12-5-2-6-13-21/h1-14,17H,16,18H2,(H,30,31,32). The van der Waals surface area contributed by atoms with E-state index >= 15 is 0 Å². The van der Waals surface area contributed by atoms with E-state index in [2.05, 4.69) is 26.7 Å². The Labute approximate surface area is 217 Å². The summed E-state index contributed by atoms with van der Waals surface area (Å²) in [6.45, 7) is 0.536. The van der Waals surface area contributed by atoms with Crippen LogP contribution in [0.1, 0.15) is 16.8 Å². The normalized spacial score (nSPS) is 10.7. The number of thioether (sulfide) groups is 1. The summed E-state index contributed by atoms with van der Waals surface area (Å²) in [6.07, 6.45) is 1.89. The van der Waals surface area contributed by atoms with E-state index < -0.39 is 0 Å². The van der Waals surface area contributed by atoms with Crippen LogP contribution in [0.25, 0.3) is 11.3 Å². The van der Waals surface area contributed by atoms with Crippen molar-refractivity contribution in [2.75, 3.05) is 5.32 Å². The van der Waals surface area contributed by atoms with Gasteiger partial charge in [-0.15, -0.1) is 5.10 Å².